The molecule has 0 aromatic heterocycles. The smallest absolute Gasteiger partial charge is 0.348 e. The van der Waals surface area contributed by atoms with Gasteiger partial charge in [-0.05, 0) is 37.6 Å². The van der Waals surface area contributed by atoms with Crippen molar-refractivity contribution >= 4 is 17.6 Å². The first-order valence-corrected chi connectivity index (χ1v) is 10.1. The van der Waals surface area contributed by atoms with Crippen molar-refractivity contribution in [3.05, 3.63) is 60.7 Å². The van der Waals surface area contributed by atoms with Crippen LogP contribution in [0.2, 0.25) is 0 Å². The van der Waals surface area contributed by atoms with Gasteiger partial charge in [0.05, 0.1) is 0 Å². The molecule has 1 heterocycles. The summed E-state index contributed by atoms with van der Waals surface area (Å²) in [4.78, 5) is 29.2. The number of benzene rings is 2. The zero-order valence-corrected chi connectivity index (χ0v) is 17.0. The zero-order valence-electron chi connectivity index (χ0n) is 17.0. The number of anilines is 1. The average Bonchev–Trinajstić information content (AvgIpc) is 2.78. The van der Waals surface area contributed by atoms with Gasteiger partial charge in [0.25, 0.3) is 5.91 Å². The molecule has 0 spiro atoms. The molecule has 2 atom stereocenters. The maximum absolute atomic E-state index is 12.7. The van der Waals surface area contributed by atoms with Crippen molar-refractivity contribution < 1.29 is 19.1 Å². The first-order valence-electron chi connectivity index (χ1n) is 10.1. The summed E-state index contributed by atoms with van der Waals surface area (Å²) in [6.07, 6.45) is -1.11. The third-order valence-corrected chi connectivity index (χ3v) is 5.01. The topological polar surface area (TPSA) is 59.1 Å². The number of para-hydroxylation sites is 2. The Hall–Kier alpha value is -3.02. The van der Waals surface area contributed by atoms with Gasteiger partial charge in [-0.15, -0.1) is 0 Å². The maximum atomic E-state index is 12.7. The first kappa shape index (κ1) is 20.7. The summed E-state index contributed by atoms with van der Waals surface area (Å²) in [5, 5.41) is 0. The molecule has 1 amide bonds. The van der Waals surface area contributed by atoms with E-state index in [0.717, 1.165) is 18.8 Å². The lowest BCUT2D eigenvalue weighted by atomic mass is 10.2. The molecule has 0 bridgehead atoms. The highest BCUT2D eigenvalue weighted by Crippen LogP contribution is 2.17. The van der Waals surface area contributed by atoms with Gasteiger partial charge in [0.2, 0.25) is 0 Å². The van der Waals surface area contributed by atoms with E-state index in [0.29, 0.717) is 25.3 Å². The third-order valence-electron chi connectivity index (χ3n) is 5.01. The molecule has 3 rings (SSSR count). The minimum Gasteiger partial charge on any atom is -0.479 e. The maximum Gasteiger partial charge on any atom is 0.348 e. The number of piperazine rings is 1. The van der Waals surface area contributed by atoms with Gasteiger partial charge in [-0.25, -0.2) is 4.79 Å². The van der Waals surface area contributed by atoms with Crippen LogP contribution >= 0.6 is 0 Å². The molecular formula is C23H28N2O4. The third kappa shape index (κ3) is 5.50. The van der Waals surface area contributed by atoms with Crippen LogP contribution in [-0.2, 0) is 14.3 Å². The highest BCUT2D eigenvalue weighted by Gasteiger charge is 2.30. The number of rotatable bonds is 7. The van der Waals surface area contributed by atoms with Crippen molar-refractivity contribution in [2.45, 2.75) is 32.5 Å². The second-order valence-corrected chi connectivity index (χ2v) is 7.05. The summed E-state index contributed by atoms with van der Waals surface area (Å²) in [5.41, 5.74) is 1.16. The molecule has 1 aliphatic rings. The Kier molecular flexibility index (Phi) is 7.11. The Bertz CT molecular complexity index is 789. The molecule has 0 N–H and O–H groups in total. The van der Waals surface area contributed by atoms with Crippen molar-refractivity contribution in [3.63, 3.8) is 0 Å². The molecule has 0 radical (unpaired) electrons. The predicted octanol–water partition coefficient (Wildman–Crippen LogP) is 3.12. The van der Waals surface area contributed by atoms with Crippen LogP contribution in [0.4, 0.5) is 5.69 Å². The van der Waals surface area contributed by atoms with Crippen molar-refractivity contribution in [1.29, 1.82) is 0 Å². The van der Waals surface area contributed by atoms with Crippen LogP contribution in [0.5, 0.6) is 5.75 Å². The standard InChI is InChI=1S/C23H28N2O4/c1-3-21(29-20-12-8-5-9-13-20)23(27)28-18(2)22(26)25-16-14-24(15-17-25)19-10-6-4-7-11-19/h4-13,18,21H,3,14-17H2,1-2H3/t18-,21-/m0/s1. The summed E-state index contributed by atoms with van der Waals surface area (Å²) in [6.45, 7) is 6.19. The summed E-state index contributed by atoms with van der Waals surface area (Å²) >= 11 is 0. The van der Waals surface area contributed by atoms with E-state index in [4.69, 9.17) is 9.47 Å². The number of amides is 1. The van der Waals surface area contributed by atoms with Gasteiger partial charge in [-0.1, -0.05) is 43.3 Å². The van der Waals surface area contributed by atoms with Crippen LogP contribution in [0.25, 0.3) is 0 Å². The van der Waals surface area contributed by atoms with Crippen LogP contribution in [0, 0.1) is 0 Å². The van der Waals surface area contributed by atoms with Gasteiger partial charge in [0.1, 0.15) is 5.75 Å². The molecule has 6 heteroatoms. The highest BCUT2D eigenvalue weighted by molar-refractivity contribution is 5.85. The Balaban J connectivity index is 1.50. The fraction of sp³-hybridized carbons (Fsp3) is 0.391. The normalized spacial score (nSPS) is 16.1. The molecule has 1 aliphatic heterocycles. The van der Waals surface area contributed by atoms with Crippen molar-refractivity contribution in [3.8, 4) is 5.75 Å². The van der Waals surface area contributed by atoms with Gasteiger partial charge in [-0.3, -0.25) is 4.79 Å². The second kappa shape index (κ2) is 9.96. The summed E-state index contributed by atoms with van der Waals surface area (Å²) < 4.78 is 11.1. The van der Waals surface area contributed by atoms with E-state index in [-0.39, 0.29) is 5.91 Å². The molecular weight excluding hydrogens is 368 g/mol. The van der Waals surface area contributed by atoms with Crippen molar-refractivity contribution in [1.82, 2.24) is 4.90 Å². The number of ether oxygens (including phenoxy) is 2. The molecule has 1 fully saturated rings. The average molecular weight is 396 g/mol. The fourth-order valence-electron chi connectivity index (χ4n) is 3.34. The molecule has 2 aromatic rings. The SMILES string of the molecule is CC[C@H](Oc1ccccc1)C(=O)O[C@@H](C)C(=O)N1CCN(c2ccccc2)CC1. The van der Waals surface area contributed by atoms with Gasteiger partial charge in [0, 0.05) is 31.9 Å². The highest BCUT2D eigenvalue weighted by atomic mass is 16.6. The summed E-state index contributed by atoms with van der Waals surface area (Å²) in [5.74, 6) is -0.0759. The predicted molar refractivity (Wildman–Crippen MR) is 112 cm³/mol. The Morgan fingerprint density at radius 3 is 2.10 bits per heavy atom. The number of esters is 1. The second-order valence-electron chi connectivity index (χ2n) is 7.05. The van der Waals surface area contributed by atoms with Crippen molar-refractivity contribution in [2.75, 3.05) is 31.1 Å². The van der Waals surface area contributed by atoms with Gasteiger partial charge < -0.3 is 19.3 Å². The number of carbonyl (C=O) groups is 2. The molecule has 0 aliphatic carbocycles. The van der Waals surface area contributed by atoms with Crippen molar-refractivity contribution in [2.24, 2.45) is 0 Å². The van der Waals surface area contributed by atoms with Crippen LogP contribution in [0.1, 0.15) is 20.3 Å². The minimum atomic E-state index is -0.834. The number of nitrogens with zero attached hydrogens (tertiary/aromatic N) is 2. The Morgan fingerprint density at radius 1 is 0.931 bits per heavy atom. The van der Waals surface area contributed by atoms with Gasteiger partial charge in [0.15, 0.2) is 12.2 Å². The van der Waals surface area contributed by atoms with E-state index in [1.165, 1.54) is 0 Å². The molecule has 0 unspecified atom stereocenters. The van der Waals surface area contributed by atoms with Crippen LogP contribution in [-0.4, -0.2) is 55.2 Å². The van der Waals surface area contributed by atoms with Gasteiger partial charge in [-0.2, -0.15) is 0 Å². The number of hydrogen-bond acceptors (Lipinski definition) is 5. The Labute approximate surface area is 172 Å². The lowest BCUT2D eigenvalue weighted by Crippen LogP contribution is -2.52. The number of hydrogen-bond donors (Lipinski definition) is 0. The van der Waals surface area contributed by atoms with Gasteiger partial charge >= 0.3 is 5.97 Å². The summed E-state index contributed by atoms with van der Waals surface area (Å²) in [6, 6.07) is 19.3. The zero-order chi connectivity index (χ0) is 20.6. The minimum absolute atomic E-state index is 0.166. The molecule has 2 aromatic carbocycles. The quantitative estimate of drug-likeness (QED) is 0.673. The largest absolute Gasteiger partial charge is 0.479 e. The fourth-order valence-corrected chi connectivity index (χ4v) is 3.34. The van der Waals surface area contributed by atoms with E-state index in [2.05, 4.69) is 17.0 Å². The van der Waals surface area contributed by atoms with Crippen LogP contribution in [0.15, 0.2) is 60.7 Å². The Morgan fingerprint density at radius 2 is 1.52 bits per heavy atom. The summed E-state index contributed by atoms with van der Waals surface area (Å²) in [7, 11) is 0. The monoisotopic (exact) mass is 396 g/mol. The van der Waals surface area contributed by atoms with E-state index in [9.17, 15) is 9.59 Å². The lowest BCUT2D eigenvalue weighted by Gasteiger charge is -2.37. The lowest BCUT2D eigenvalue weighted by molar-refractivity contribution is -0.165. The van der Waals surface area contributed by atoms with E-state index in [1.807, 2.05) is 43.3 Å². The van der Waals surface area contributed by atoms with Crippen LogP contribution < -0.4 is 9.64 Å². The van der Waals surface area contributed by atoms with E-state index >= 15 is 0 Å². The molecule has 6 nitrogen and oxygen atoms in total. The number of carbonyl (C=O) groups excluding carboxylic acids is 2. The first-order chi connectivity index (χ1) is 14.1. The van der Waals surface area contributed by atoms with E-state index < -0.39 is 18.2 Å². The molecule has 29 heavy (non-hydrogen) atoms. The molecule has 154 valence electrons. The molecule has 0 saturated carbocycles. The van der Waals surface area contributed by atoms with E-state index in [1.54, 1.807) is 24.0 Å². The molecule has 1 saturated heterocycles. The van der Waals surface area contributed by atoms with Crippen LogP contribution in [0.3, 0.4) is 0 Å².